The third kappa shape index (κ3) is 2.78. The van der Waals surface area contributed by atoms with E-state index in [1.54, 1.807) is 13.3 Å². The van der Waals surface area contributed by atoms with E-state index in [4.69, 9.17) is 10.5 Å². The van der Waals surface area contributed by atoms with Crippen LogP contribution < -0.4 is 15.8 Å². The molecule has 0 aliphatic rings. The summed E-state index contributed by atoms with van der Waals surface area (Å²) in [5.74, 6) is 0.767. The van der Waals surface area contributed by atoms with Gasteiger partial charge in [0.1, 0.15) is 5.75 Å². The highest BCUT2D eigenvalue weighted by molar-refractivity contribution is 9.10. The van der Waals surface area contributed by atoms with Crippen molar-refractivity contribution in [3.63, 3.8) is 0 Å². The standard InChI is InChI=1S/C16H14BrN3O/c1-21-12-7-10(17)6-11(8-12)20-16-13-4-2-3-5-15(13)19-9-14(16)18/h2-9H,18H2,1H3,(H,19,20). The fourth-order valence-corrected chi connectivity index (χ4v) is 2.67. The minimum Gasteiger partial charge on any atom is -0.497 e. The number of methoxy groups -OCH3 is 1. The SMILES string of the molecule is COc1cc(Br)cc(Nc2c(N)cnc3ccccc23)c1. The van der Waals surface area contributed by atoms with Crippen molar-refractivity contribution in [2.45, 2.75) is 0 Å². The topological polar surface area (TPSA) is 60.2 Å². The van der Waals surface area contributed by atoms with E-state index in [0.717, 1.165) is 32.5 Å². The highest BCUT2D eigenvalue weighted by Crippen LogP contribution is 2.33. The van der Waals surface area contributed by atoms with E-state index in [1.807, 2.05) is 42.5 Å². The number of para-hydroxylation sites is 1. The minimum absolute atomic E-state index is 0.604. The number of ether oxygens (including phenoxy) is 1. The molecular formula is C16H14BrN3O. The van der Waals surface area contributed by atoms with E-state index in [2.05, 4.69) is 26.2 Å². The molecule has 0 spiro atoms. The maximum absolute atomic E-state index is 6.08. The van der Waals surface area contributed by atoms with E-state index in [1.165, 1.54) is 0 Å². The Balaban J connectivity index is 2.09. The lowest BCUT2D eigenvalue weighted by Gasteiger charge is -2.13. The molecule has 1 heterocycles. The first-order valence-corrected chi connectivity index (χ1v) is 7.21. The van der Waals surface area contributed by atoms with Gasteiger partial charge in [-0.25, -0.2) is 0 Å². The summed E-state index contributed by atoms with van der Waals surface area (Å²) in [4.78, 5) is 4.34. The van der Waals surface area contributed by atoms with Gasteiger partial charge in [0.2, 0.25) is 0 Å². The normalized spacial score (nSPS) is 10.6. The summed E-state index contributed by atoms with van der Waals surface area (Å²) >= 11 is 3.47. The number of nitrogens with one attached hydrogen (secondary N) is 1. The van der Waals surface area contributed by atoms with Gasteiger partial charge < -0.3 is 15.8 Å². The third-order valence-electron chi connectivity index (χ3n) is 3.18. The molecule has 0 saturated heterocycles. The number of pyridine rings is 1. The maximum atomic E-state index is 6.08. The van der Waals surface area contributed by atoms with Gasteiger partial charge in [0, 0.05) is 21.6 Å². The van der Waals surface area contributed by atoms with Gasteiger partial charge in [0.25, 0.3) is 0 Å². The number of nitrogen functional groups attached to an aromatic ring is 1. The first-order chi connectivity index (χ1) is 10.2. The lowest BCUT2D eigenvalue weighted by molar-refractivity contribution is 0.415. The van der Waals surface area contributed by atoms with Crippen molar-refractivity contribution in [1.29, 1.82) is 0 Å². The second kappa shape index (κ2) is 5.61. The number of hydrogen-bond donors (Lipinski definition) is 2. The van der Waals surface area contributed by atoms with Crippen molar-refractivity contribution >= 4 is 43.9 Å². The fraction of sp³-hybridized carbons (Fsp3) is 0.0625. The number of nitrogens with two attached hydrogens (primary N) is 1. The first-order valence-electron chi connectivity index (χ1n) is 6.42. The molecule has 3 rings (SSSR count). The van der Waals surface area contributed by atoms with Crippen molar-refractivity contribution in [1.82, 2.24) is 4.98 Å². The Morgan fingerprint density at radius 2 is 2.00 bits per heavy atom. The monoisotopic (exact) mass is 343 g/mol. The van der Waals surface area contributed by atoms with Gasteiger partial charge in [-0.2, -0.15) is 0 Å². The van der Waals surface area contributed by atoms with Gasteiger partial charge in [-0.1, -0.05) is 34.1 Å². The lowest BCUT2D eigenvalue weighted by atomic mass is 10.1. The Morgan fingerprint density at radius 1 is 1.19 bits per heavy atom. The van der Waals surface area contributed by atoms with Gasteiger partial charge in [0.05, 0.1) is 30.2 Å². The molecule has 0 aliphatic carbocycles. The summed E-state index contributed by atoms with van der Waals surface area (Å²) in [7, 11) is 1.64. The minimum atomic E-state index is 0.604. The molecule has 21 heavy (non-hydrogen) atoms. The summed E-state index contributed by atoms with van der Waals surface area (Å²) in [5.41, 5.74) is 9.32. The molecule has 0 amide bonds. The van der Waals surface area contributed by atoms with Crippen LogP contribution >= 0.6 is 15.9 Å². The predicted molar refractivity (Wildman–Crippen MR) is 90.1 cm³/mol. The molecule has 3 aromatic rings. The Hall–Kier alpha value is -2.27. The third-order valence-corrected chi connectivity index (χ3v) is 3.64. The van der Waals surface area contributed by atoms with E-state index < -0.39 is 0 Å². The Bertz CT molecular complexity index is 805. The molecule has 0 unspecified atom stereocenters. The van der Waals surface area contributed by atoms with Crippen LogP contribution in [0.4, 0.5) is 17.1 Å². The molecule has 0 bridgehead atoms. The summed E-state index contributed by atoms with van der Waals surface area (Å²) in [6.45, 7) is 0. The quantitative estimate of drug-likeness (QED) is 0.742. The second-order valence-electron chi connectivity index (χ2n) is 4.61. The average Bonchev–Trinajstić information content (AvgIpc) is 2.49. The number of fused-ring (bicyclic) bond motifs is 1. The average molecular weight is 344 g/mol. The van der Waals surface area contributed by atoms with Crippen LogP contribution in [0.15, 0.2) is 53.1 Å². The van der Waals surface area contributed by atoms with Gasteiger partial charge in [-0.05, 0) is 18.2 Å². The number of hydrogen-bond acceptors (Lipinski definition) is 4. The molecule has 5 heteroatoms. The van der Waals surface area contributed by atoms with Crippen LogP contribution in [-0.2, 0) is 0 Å². The molecular weight excluding hydrogens is 330 g/mol. The molecule has 1 aromatic heterocycles. The van der Waals surface area contributed by atoms with Crippen molar-refractivity contribution in [2.24, 2.45) is 0 Å². The highest BCUT2D eigenvalue weighted by Gasteiger charge is 2.08. The van der Waals surface area contributed by atoms with E-state index >= 15 is 0 Å². The number of aromatic nitrogens is 1. The zero-order chi connectivity index (χ0) is 14.8. The van der Waals surface area contributed by atoms with Gasteiger partial charge in [0.15, 0.2) is 0 Å². The molecule has 106 valence electrons. The summed E-state index contributed by atoms with van der Waals surface area (Å²) < 4.78 is 6.21. The Labute approximate surface area is 131 Å². The van der Waals surface area contributed by atoms with Crippen molar-refractivity contribution in [2.75, 3.05) is 18.2 Å². The second-order valence-corrected chi connectivity index (χ2v) is 5.53. The smallest absolute Gasteiger partial charge is 0.122 e. The fourth-order valence-electron chi connectivity index (χ4n) is 2.19. The maximum Gasteiger partial charge on any atom is 0.122 e. The molecule has 0 radical (unpaired) electrons. The van der Waals surface area contributed by atoms with Crippen LogP contribution in [-0.4, -0.2) is 12.1 Å². The molecule has 0 saturated carbocycles. The summed E-state index contributed by atoms with van der Waals surface area (Å²) in [6.07, 6.45) is 1.67. The van der Waals surface area contributed by atoms with Gasteiger partial charge in [-0.3, -0.25) is 4.98 Å². The van der Waals surface area contributed by atoms with Gasteiger partial charge >= 0.3 is 0 Å². The van der Waals surface area contributed by atoms with Gasteiger partial charge in [-0.15, -0.1) is 0 Å². The van der Waals surface area contributed by atoms with E-state index in [9.17, 15) is 0 Å². The number of halogens is 1. The Morgan fingerprint density at radius 3 is 2.81 bits per heavy atom. The zero-order valence-corrected chi connectivity index (χ0v) is 13.0. The number of nitrogens with zero attached hydrogens (tertiary/aromatic N) is 1. The van der Waals surface area contributed by atoms with E-state index in [0.29, 0.717) is 5.69 Å². The molecule has 3 N–H and O–H groups in total. The van der Waals surface area contributed by atoms with Crippen LogP contribution in [0, 0.1) is 0 Å². The number of rotatable bonds is 3. The van der Waals surface area contributed by atoms with Crippen molar-refractivity contribution < 1.29 is 4.74 Å². The van der Waals surface area contributed by atoms with Crippen molar-refractivity contribution in [3.8, 4) is 5.75 Å². The lowest BCUT2D eigenvalue weighted by Crippen LogP contribution is -1.99. The summed E-state index contributed by atoms with van der Waals surface area (Å²) in [6, 6.07) is 13.7. The highest BCUT2D eigenvalue weighted by atomic mass is 79.9. The summed E-state index contributed by atoms with van der Waals surface area (Å²) in [5, 5.41) is 4.34. The molecule has 4 nitrogen and oxygen atoms in total. The Kier molecular flexibility index (Phi) is 3.66. The number of benzene rings is 2. The zero-order valence-electron chi connectivity index (χ0n) is 11.4. The molecule has 0 aliphatic heterocycles. The molecule has 0 atom stereocenters. The van der Waals surface area contributed by atoms with Crippen LogP contribution in [0.3, 0.4) is 0 Å². The number of anilines is 3. The van der Waals surface area contributed by atoms with Crippen molar-refractivity contribution in [3.05, 3.63) is 53.1 Å². The largest absolute Gasteiger partial charge is 0.497 e. The predicted octanol–water partition coefficient (Wildman–Crippen LogP) is 4.33. The van der Waals surface area contributed by atoms with Crippen LogP contribution in [0.2, 0.25) is 0 Å². The molecule has 2 aromatic carbocycles. The van der Waals surface area contributed by atoms with Crippen LogP contribution in [0.5, 0.6) is 5.75 Å². The van der Waals surface area contributed by atoms with Crippen LogP contribution in [0.1, 0.15) is 0 Å². The van der Waals surface area contributed by atoms with E-state index in [-0.39, 0.29) is 0 Å². The molecule has 0 fully saturated rings. The van der Waals surface area contributed by atoms with Crippen LogP contribution in [0.25, 0.3) is 10.9 Å². The first kappa shape index (κ1) is 13.7.